The predicted octanol–water partition coefficient (Wildman–Crippen LogP) is 2.92. The molecule has 0 bridgehead atoms. The third kappa shape index (κ3) is 2.78. The van der Waals surface area contributed by atoms with E-state index in [2.05, 4.69) is 9.97 Å². The van der Waals surface area contributed by atoms with Crippen molar-refractivity contribution < 1.29 is 14.6 Å². The first-order chi connectivity index (χ1) is 10.3. The predicted molar refractivity (Wildman–Crippen MR) is 78.5 cm³/mol. The molecule has 0 radical (unpaired) electrons. The van der Waals surface area contributed by atoms with Gasteiger partial charge in [0.05, 0.1) is 19.2 Å². The third-order valence-electron chi connectivity index (χ3n) is 3.08. The number of ether oxygens (including phenoxy) is 2. The fourth-order valence-electron chi connectivity index (χ4n) is 2.00. The molecule has 3 rings (SSSR count). The number of para-hydroxylation sites is 1. The fraction of sp³-hybridized carbons (Fsp3) is 0.125. The molecule has 3 aromatic rings. The lowest BCUT2D eigenvalue weighted by Gasteiger charge is -2.10. The molecule has 1 N–H and O–H groups in total. The monoisotopic (exact) mass is 282 g/mol. The van der Waals surface area contributed by atoms with Gasteiger partial charge in [0.2, 0.25) is 0 Å². The Morgan fingerprint density at radius 1 is 1.10 bits per heavy atom. The van der Waals surface area contributed by atoms with Crippen molar-refractivity contribution in [2.24, 2.45) is 0 Å². The summed E-state index contributed by atoms with van der Waals surface area (Å²) in [5.41, 5.74) is 1.56. The quantitative estimate of drug-likeness (QED) is 0.797. The summed E-state index contributed by atoms with van der Waals surface area (Å²) in [6, 6.07) is 13.1. The average molecular weight is 282 g/mol. The van der Waals surface area contributed by atoms with E-state index in [0.717, 1.165) is 16.5 Å². The van der Waals surface area contributed by atoms with Crippen molar-refractivity contribution in [3.63, 3.8) is 0 Å². The van der Waals surface area contributed by atoms with Crippen molar-refractivity contribution >= 4 is 10.9 Å². The zero-order valence-electron chi connectivity index (χ0n) is 11.5. The summed E-state index contributed by atoms with van der Waals surface area (Å²) in [5, 5.41) is 10.1. The number of methoxy groups -OCH3 is 1. The number of nitrogens with zero attached hydrogens (tertiary/aromatic N) is 2. The lowest BCUT2D eigenvalue weighted by molar-refractivity contribution is 0.280. The minimum absolute atomic E-state index is 0.0525. The number of aromatic nitrogens is 2. The summed E-state index contributed by atoms with van der Waals surface area (Å²) in [6.45, 7) is -0.0525. The molecule has 0 saturated heterocycles. The summed E-state index contributed by atoms with van der Waals surface area (Å²) < 4.78 is 10.9. The number of fused-ring (bicyclic) bond motifs is 1. The van der Waals surface area contributed by atoms with Gasteiger partial charge < -0.3 is 14.6 Å². The molecule has 0 atom stereocenters. The summed E-state index contributed by atoms with van der Waals surface area (Å²) in [4.78, 5) is 8.53. The maximum Gasteiger partial charge on any atom is 0.322 e. The van der Waals surface area contributed by atoms with Gasteiger partial charge in [-0.1, -0.05) is 24.3 Å². The Bertz CT molecular complexity index is 774. The minimum atomic E-state index is -0.0525. The molecule has 0 saturated carbocycles. The van der Waals surface area contributed by atoms with Gasteiger partial charge >= 0.3 is 6.01 Å². The molecule has 5 nitrogen and oxygen atoms in total. The van der Waals surface area contributed by atoms with E-state index in [0.29, 0.717) is 11.5 Å². The van der Waals surface area contributed by atoms with E-state index in [9.17, 15) is 0 Å². The maximum atomic E-state index is 9.14. The van der Waals surface area contributed by atoms with Crippen molar-refractivity contribution in [3.8, 4) is 17.5 Å². The van der Waals surface area contributed by atoms with Gasteiger partial charge in [-0.15, -0.1) is 0 Å². The highest BCUT2D eigenvalue weighted by Crippen LogP contribution is 2.31. The first-order valence-electron chi connectivity index (χ1n) is 6.47. The van der Waals surface area contributed by atoms with Gasteiger partial charge in [-0.3, -0.25) is 0 Å². The number of rotatable bonds is 4. The van der Waals surface area contributed by atoms with Crippen molar-refractivity contribution in [2.45, 2.75) is 6.61 Å². The number of aliphatic hydroxyl groups is 1. The zero-order chi connectivity index (χ0) is 14.7. The maximum absolute atomic E-state index is 9.14. The average Bonchev–Trinajstić information content (AvgIpc) is 2.55. The largest absolute Gasteiger partial charge is 0.493 e. The fourth-order valence-corrected chi connectivity index (χ4v) is 2.00. The molecule has 2 aromatic carbocycles. The number of hydrogen-bond donors (Lipinski definition) is 1. The number of hydrogen-bond acceptors (Lipinski definition) is 5. The minimum Gasteiger partial charge on any atom is -0.493 e. The molecule has 106 valence electrons. The van der Waals surface area contributed by atoms with Gasteiger partial charge in [-0.2, -0.15) is 4.98 Å². The third-order valence-corrected chi connectivity index (χ3v) is 3.08. The van der Waals surface area contributed by atoms with E-state index in [1.807, 2.05) is 24.3 Å². The van der Waals surface area contributed by atoms with E-state index in [-0.39, 0.29) is 12.6 Å². The van der Waals surface area contributed by atoms with Crippen LogP contribution < -0.4 is 9.47 Å². The van der Waals surface area contributed by atoms with Gasteiger partial charge in [-0.25, -0.2) is 4.98 Å². The van der Waals surface area contributed by atoms with Gasteiger partial charge in [0.25, 0.3) is 0 Å². The van der Waals surface area contributed by atoms with Gasteiger partial charge in [0.15, 0.2) is 11.5 Å². The zero-order valence-corrected chi connectivity index (χ0v) is 11.5. The first-order valence-corrected chi connectivity index (χ1v) is 6.47. The Morgan fingerprint density at radius 3 is 2.76 bits per heavy atom. The van der Waals surface area contributed by atoms with E-state index in [4.69, 9.17) is 14.6 Å². The van der Waals surface area contributed by atoms with E-state index < -0.39 is 0 Å². The van der Waals surface area contributed by atoms with Crippen LogP contribution in [0.4, 0.5) is 0 Å². The molecule has 0 spiro atoms. The Labute approximate surface area is 121 Å². The highest BCUT2D eigenvalue weighted by atomic mass is 16.5. The van der Waals surface area contributed by atoms with Crippen LogP contribution in [0, 0.1) is 0 Å². The summed E-state index contributed by atoms with van der Waals surface area (Å²) >= 11 is 0. The number of aliphatic hydroxyl groups excluding tert-OH is 1. The Kier molecular flexibility index (Phi) is 3.66. The van der Waals surface area contributed by atoms with Gasteiger partial charge in [0.1, 0.15) is 0 Å². The highest BCUT2D eigenvalue weighted by molar-refractivity contribution is 5.77. The lowest BCUT2D eigenvalue weighted by atomic mass is 10.2. The van der Waals surface area contributed by atoms with Crippen molar-refractivity contribution in [2.75, 3.05) is 7.11 Å². The van der Waals surface area contributed by atoms with Crippen LogP contribution in [-0.4, -0.2) is 22.2 Å². The van der Waals surface area contributed by atoms with E-state index >= 15 is 0 Å². The molecule has 0 unspecified atom stereocenters. The molecule has 0 fully saturated rings. The molecule has 0 aliphatic heterocycles. The van der Waals surface area contributed by atoms with Crippen LogP contribution in [0.1, 0.15) is 5.56 Å². The van der Waals surface area contributed by atoms with Crippen LogP contribution in [-0.2, 0) is 6.61 Å². The first kappa shape index (κ1) is 13.3. The second kappa shape index (κ2) is 5.76. The van der Waals surface area contributed by atoms with E-state index in [1.54, 1.807) is 31.5 Å². The van der Waals surface area contributed by atoms with Gasteiger partial charge in [-0.05, 0) is 23.8 Å². The molecule has 0 aliphatic carbocycles. The summed E-state index contributed by atoms with van der Waals surface area (Å²) in [5.74, 6) is 1.03. The smallest absolute Gasteiger partial charge is 0.322 e. The molecule has 1 heterocycles. The van der Waals surface area contributed by atoms with Gasteiger partial charge in [0, 0.05) is 11.6 Å². The second-order valence-corrected chi connectivity index (χ2v) is 4.46. The lowest BCUT2D eigenvalue weighted by Crippen LogP contribution is -1.96. The van der Waals surface area contributed by atoms with Crippen molar-refractivity contribution in [1.29, 1.82) is 0 Å². The molecular weight excluding hydrogens is 268 g/mol. The van der Waals surface area contributed by atoms with Crippen LogP contribution in [0.5, 0.6) is 17.5 Å². The van der Waals surface area contributed by atoms with Crippen LogP contribution in [0.15, 0.2) is 48.7 Å². The van der Waals surface area contributed by atoms with Crippen LogP contribution in [0.25, 0.3) is 10.9 Å². The standard InChI is InChI=1S/C16H14N2O3/c1-20-15-8-11(10-19)6-7-14(15)21-16-17-9-12-4-2-3-5-13(12)18-16/h2-9,19H,10H2,1H3. The van der Waals surface area contributed by atoms with Crippen molar-refractivity contribution in [3.05, 3.63) is 54.2 Å². The Hall–Kier alpha value is -2.66. The summed E-state index contributed by atoms with van der Waals surface area (Å²) in [7, 11) is 1.55. The topological polar surface area (TPSA) is 64.5 Å². The second-order valence-electron chi connectivity index (χ2n) is 4.46. The highest BCUT2D eigenvalue weighted by Gasteiger charge is 2.09. The van der Waals surface area contributed by atoms with Crippen LogP contribution in [0.2, 0.25) is 0 Å². The number of benzene rings is 2. The van der Waals surface area contributed by atoms with Crippen molar-refractivity contribution in [1.82, 2.24) is 9.97 Å². The molecular formula is C16H14N2O3. The molecule has 21 heavy (non-hydrogen) atoms. The summed E-state index contributed by atoms with van der Waals surface area (Å²) in [6.07, 6.45) is 1.71. The van der Waals surface area contributed by atoms with E-state index in [1.165, 1.54) is 0 Å². The molecule has 0 amide bonds. The Balaban J connectivity index is 1.94. The van der Waals surface area contributed by atoms with Crippen LogP contribution in [0.3, 0.4) is 0 Å². The molecule has 0 aliphatic rings. The van der Waals surface area contributed by atoms with Crippen LogP contribution >= 0.6 is 0 Å². The SMILES string of the molecule is COc1cc(CO)ccc1Oc1ncc2ccccc2n1. The Morgan fingerprint density at radius 2 is 1.95 bits per heavy atom. The normalized spacial score (nSPS) is 10.6. The molecule has 5 heteroatoms. The molecule has 1 aromatic heterocycles.